The third kappa shape index (κ3) is 7.06. The zero-order valence-corrected chi connectivity index (χ0v) is 10.2. The molecule has 0 aliphatic rings. The molecule has 0 saturated heterocycles. The van der Waals surface area contributed by atoms with E-state index in [1.807, 2.05) is 11.8 Å². The summed E-state index contributed by atoms with van der Waals surface area (Å²) in [6.45, 7) is 6.75. The molecule has 0 saturated carbocycles. The van der Waals surface area contributed by atoms with Gasteiger partial charge in [0.15, 0.2) is 0 Å². The summed E-state index contributed by atoms with van der Waals surface area (Å²) < 4.78 is 0. The number of hydrogen-bond donors (Lipinski definition) is 2. The van der Waals surface area contributed by atoms with Crippen molar-refractivity contribution in [2.24, 2.45) is 16.8 Å². The van der Waals surface area contributed by atoms with Crippen molar-refractivity contribution >= 4 is 17.6 Å². The second kappa shape index (κ2) is 7.97. The van der Waals surface area contributed by atoms with Crippen molar-refractivity contribution in [3.63, 3.8) is 0 Å². The van der Waals surface area contributed by atoms with Crippen molar-refractivity contribution in [1.29, 1.82) is 0 Å². The first-order valence-corrected chi connectivity index (χ1v) is 6.20. The normalized spacial score (nSPS) is 14.7. The summed E-state index contributed by atoms with van der Waals surface area (Å²) in [5, 5.41) is 12.0. The van der Waals surface area contributed by atoms with Crippen LogP contribution in [0.3, 0.4) is 0 Å². The zero-order chi connectivity index (χ0) is 11.0. The first-order valence-electron chi connectivity index (χ1n) is 5.16. The summed E-state index contributed by atoms with van der Waals surface area (Å²) in [6, 6.07) is 0. The van der Waals surface area contributed by atoms with Crippen molar-refractivity contribution in [1.82, 2.24) is 0 Å². The number of thioether (sulfide) groups is 1. The van der Waals surface area contributed by atoms with Crippen molar-refractivity contribution < 1.29 is 5.21 Å². The van der Waals surface area contributed by atoms with Crippen LogP contribution in [-0.2, 0) is 0 Å². The molecule has 0 radical (unpaired) electrons. The SMILES string of the molecule is CC(C)C(C)SCCCCC(N)=NO. The molecule has 0 aliphatic carbocycles. The van der Waals surface area contributed by atoms with E-state index in [0.717, 1.165) is 29.8 Å². The topological polar surface area (TPSA) is 58.6 Å². The fraction of sp³-hybridized carbons (Fsp3) is 0.900. The molecule has 0 rings (SSSR count). The quantitative estimate of drug-likeness (QED) is 0.227. The molecule has 3 N–H and O–H groups in total. The largest absolute Gasteiger partial charge is 0.409 e. The summed E-state index contributed by atoms with van der Waals surface area (Å²) in [5.74, 6) is 2.24. The fourth-order valence-electron chi connectivity index (χ4n) is 0.920. The number of unbranched alkanes of at least 4 members (excludes halogenated alkanes) is 1. The van der Waals surface area contributed by atoms with E-state index in [-0.39, 0.29) is 0 Å². The Morgan fingerprint density at radius 1 is 1.36 bits per heavy atom. The maximum absolute atomic E-state index is 8.31. The summed E-state index contributed by atoms with van der Waals surface area (Å²) in [4.78, 5) is 0. The van der Waals surface area contributed by atoms with Gasteiger partial charge in [0.1, 0.15) is 5.84 Å². The zero-order valence-electron chi connectivity index (χ0n) is 9.36. The lowest BCUT2D eigenvalue weighted by molar-refractivity contribution is 0.316. The Labute approximate surface area is 91.1 Å². The summed E-state index contributed by atoms with van der Waals surface area (Å²) in [5.41, 5.74) is 5.36. The molecule has 3 nitrogen and oxygen atoms in total. The molecule has 0 amide bonds. The van der Waals surface area contributed by atoms with Crippen LogP contribution >= 0.6 is 11.8 Å². The van der Waals surface area contributed by atoms with Gasteiger partial charge in [-0.2, -0.15) is 11.8 Å². The Hall–Kier alpha value is -0.380. The van der Waals surface area contributed by atoms with Gasteiger partial charge < -0.3 is 10.9 Å². The first kappa shape index (κ1) is 13.6. The molecule has 1 unspecified atom stereocenters. The summed E-state index contributed by atoms with van der Waals surface area (Å²) >= 11 is 2.00. The third-order valence-corrected chi connectivity index (χ3v) is 3.87. The smallest absolute Gasteiger partial charge is 0.139 e. The van der Waals surface area contributed by atoms with E-state index < -0.39 is 0 Å². The fourth-order valence-corrected chi connectivity index (χ4v) is 2.05. The minimum Gasteiger partial charge on any atom is -0.409 e. The van der Waals surface area contributed by atoms with Crippen LogP contribution in [-0.4, -0.2) is 22.0 Å². The highest BCUT2D eigenvalue weighted by Gasteiger charge is 2.06. The Morgan fingerprint density at radius 3 is 2.50 bits per heavy atom. The van der Waals surface area contributed by atoms with Crippen molar-refractivity contribution in [2.45, 2.75) is 45.3 Å². The van der Waals surface area contributed by atoms with Crippen LogP contribution in [0.25, 0.3) is 0 Å². The molecule has 0 aromatic heterocycles. The van der Waals surface area contributed by atoms with E-state index in [4.69, 9.17) is 10.9 Å². The van der Waals surface area contributed by atoms with E-state index in [2.05, 4.69) is 25.9 Å². The van der Waals surface area contributed by atoms with Crippen LogP contribution in [0.5, 0.6) is 0 Å². The maximum atomic E-state index is 8.31. The van der Waals surface area contributed by atoms with Crippen molar-refractivity contribution in [3.05, 3.63) is 0 Å². The Morgan fingerprint density at radius 2 is 2.00 bits per heavy atom. The van der Waals surface area contributed by atoms with Crippen LogP contribution in [0.1, 0.15) is 40.0 Å². The highest BCUT2D eigenvalue weighted by molar-refractivity contribution is 7.99. The predicted octanol–water partition coefficient (Wildman–Crippen LogP) is 2.68. The second-order valence-corrected chi connectivity index (χ2v) is 5.35. The van der Waals surface area contributed by atoms with Gasteiger partial charge in [-0.3, -0.25) is 0 Å². The lowest BCUT2D eigenvalue weighted by Gasteiger charge is -2.14. The second-order valence-electron chi connectivity index (χ2n) is 3.87. The first-order chi connectivity index (χ1) is 6.57. The molecular weight excluding hydrogens is 196 g/mol. The Kier molecular flexibility index (Phi) is 7.76. The van der Waals surface area contributed by atoms with Crippen LogP contribution in [0.15, 0.2) is 5.16 Å². The van der Waals surface area contributed by atoms with Crippen LogP contribution < -0.4 is 5.73 Å². The van der Waals surface area contributed by atoms with Crippen molar-refractivity contribution in [3.8, 4) is 0 Å². The number of nitrogens with zero attached hydrogens (tertiary/aromatic N) is 1. The minimum atomic E-state index is 0.340. The predicted molar refractivity (Wildman–Crippen MR) is 64.0 cm³/mol. The molecule has 14 heavy (non-hydrogen) atoms. The van der Waals surface area contributed by atoms with Gasteiger partial charge >= 0.3 is 0 Å². The molecule has 0 spiro atoms. The van der Waals surface area contributed by atoms with E-state index in [9.17, 15) is 0 Å². The molecule has 0 fully saturated rings. The Bertz CT molecular complexity index is 172. The molecule has 0 aromatic rings. The molecule has 0 aliphatic heterocycles. The molecule has 0 bridgehead atoms. The lowest BCUT2D eigenvalue weighted by Crippen LogP contribution is -2.11. The van der Waals surface area contributed by atoms with E-state index in [1.54, 1.807) is 0 Å². The van der Waals surface area contributed by atoms with Gasteiger partial charge in [-0.05, 0) is 24.5 Å². The van der Waals surface area contributed by atoms with Gasteiger partial charge in [0.05, 0.1) is 0 Å². The number of amidine groups is 1. The molecular formula is C10H22N2OS. The summed E-state index contributed by atoms with van der Waals surface area (Å²) in [6.07, 6.45) is 2.85. The highest BCUT2D eigenvalue weighted by atomic mass is 32.2. The monoisotopic (exact) mass is 218 g/mol. The molecule has 0 aromatic carbocycles. The van der Waals surface area contributed by atoms with Crippen LogP contribution in [0.4, 0.5) is 0 Å². The van der Waals surface area contributed by atoms with Crippen molar-refractivity contribution in [2.75, 3.05) is 5.75 Å². The van der Waals surface area contributed by atoms with Gasteiger partial charge in [0.25, 0.3) is 0 Å². The van der Waals surface area contributed by atoms with E-state index in [1.165, 1.54) is 0 Å². The standard InChI is InChI=1S/C10H22N2OS/c1-8(2)9(3)14-7-5-4-6-10(11)12-13/h8-9,13H,4-7H2,1-3H3,(H2,11,12). The summed E-state index contributed by atoms with van der Waals surface area (Å²) in [7, 11) is 0. The highest BCUT2D eigenvalue weighted by Crippen LogP contribution is 2.19. The van der Waals surface area contributed by atoms with Gasteiger partial charge in [-0.1, -0.05) is 25.9 Å². The average Bonchev–Trinajstić information content (AvgIpc) is 2.16. The molecule has 0 heterocycles. The number of oxime groups is 1. The molecule has 84 valence electrons. The van der Waals surface area contributed by atoms with Gasteiger partial charge in [0.2, 0.25) is 0 Å². The van der Waals surface area contributed by atoms with Crippen LogP contribution in [0, 0.1) is 5.92 Å². The van der Waals surface area contributed by atoms with Gasteiger partial charge in [-0.15, -0.1) is 0 Å². The third-order valence-electron chi connectivity index (χ3n) is 2.28. The van der Waals surface area contributed by atoms with Gasteiger partial charge in [-0.25, -0.2) is 0 Å². The molecule has 4 heteroatoms. The van der Waals surface area contributed by atoms with E-state index in [0.29, 0.717) is 12.3 Å². The van der Waals surface area contributed by atoms with E-state index >= 15 is 0 Å². The minimum absolute atomic E-state index is 0.340. The molecule has 1 atom stereocenters. The Balaban J connectivity index is 3.30. The number of rotatable bonds is 7. The number of hydrogen-bond acceptors (Lipinski definition) is 3. The van der Waals surface area contributed by atoms with Gasteiger partial charge in [0, 0.05) is 11.7 Å². The van der Waals surface area contributed by atoms with Crippen LogP contribution in [0.2, 0.25) is 0 Å². The number of nitrogens with two attached hydrogens (primary N) is 1. The average molecular weight is 218 g/mol. The lowest BCUT2D eigenvalue weighted by atomic mass is 10.2. The maximum Gasteiger partial charge on any atom is 0.139 e.